The summed E-state index contributed by atoms with van der Waals surface area (Å²) in [6, 6.07) is 0. The molecule has 0 aromatic rings. The van der Waals surface area contributed by atoms with Crippen LogP contribution in [-0.2, 0) is 9.30 Å². The van der Waals surface area contributed by atoms with Gasteiger partial charge in [-0.3, -0.25) is 0 Å². The summed E-state index contributed by atoms with van der Waals surface area (Å²) in [5, 5.41) is 0. The number of likely N-dealkylation sites (N-methyl/N-ethyl adjacent to an activating group) is 1. The molecule has 17 heavy (non-hydrogen) atoms. The zero-order valence-electron chi connectivity index (χ0n) is 12.1. The van der Waals surface area contributed by atoms with Gasteiger partial charge >= 0.3 is 0 Å². The molecule has 0 aromatic carbocycles. The Morgan fingerprint density at radius 2 is 1.59 bits per heavy atom. The Morgan fingerprint density at radius 3 is 2.00 bits per heavy atom. The first kappa shape index (κ1) is 17.2. The largest absolute Gasteiger partial charge is 0.372 e. The maximum Gasteiger partial charge on any atom is 0.112 e. The number of nitrogens with zero attached hydrogens (tertiary/aromatic N) is 1. The highest BCUT2D eigenvalue weighted by Gasteiger charge is 2.20. The van der Waals surface area contributed by atoms with E-state index in [4.69, 9.17) is 4.74 Å². The normalized spacial score (nSPS) is 12.3. The van der Waals surface area contributed by atoms with Crippen molar-refractivity contribution in [3.63, 3.8) is 0 Å². The standard InChI is InChI=1S/C13H30NO2P/c1-5-7-11-17(15,12-8-6-2)13-16-10-9-14(3)4/h5-13H2,1-4H3. The molecule has 0 N–H and O–H groups in total. The predicted molar refractivity (Wildman–Crippen MR) is 76.5 cm³/mol. The van der Waals surface area contributed by atoms with Crippen molar-refractivity contribution in [2.45, 2.75) is 39.5 Å². The van der Waals surface area contributed by atoms with Crippen LogP contribution in [0.2, 0.25) is 0 Å². The molecule has 4 heteroatoms. The van der Waals surface area contributed by atoms with Crippen molar-refractivity contribution in [3.05, 3.63) is 0 Å². The molecule has 0 atom stereocenters. The van der Waals surface area contributed by atoms with E-state index in [0.29, 0.717) is 13.0 Å². The monoisotopic (exact) mass is 263 g/mol. The van der Waals surface area contributed by atoms with Crippen LogP contribution in [0.4, 0.5) is 0 Å². The molecule has 0 rings (SSSR count). The molecule has 0 aromatic heterocycles. The summed E-state index contributed by atoms with van der Waals surface area (Å²) in [5.41, 5.74) is 0. The molecule has 104 valence electrons. The summed E-state index contributed by atoms with van der Waals surface area (Å²) in [5.74, 6) is 0. The van der Waals surface area contributed by atoms with Crippen LogP contribution >= 0.6 is 7.14 Å². The summed E-state index contributed by atoms with van der Waals surface area (Å²) in [4.78, 5) is 2.09. The Bertz CT molecular complexity index is 207. The fourth-order valence-corrected chi connectivity index (χ4v) is 4.34. The highest BCUT2D eigenvalue weighted by molar-refractivity contribution is 7.63. The average molecular weight is 263 g/mol. The molecule has 0 aliphatic heterocycles. The fourth-order valence-electron chi connectivity index (χ4n) is 1.61. The second-order valence-corrected chi connectivity index (χ2v) is 8.32. The third-order valence-corrected chi connectivity index (χ3v) is 5.76. The van der Waals surface area contributed by atoms with Gasteiger partial charge in [-0.25, -0.2) is 0 Å². The molecule has 0 aliphatic rings. The van der Waals surface area contributed by atoms with Crippen LogP contribution in [-0.4, -0.2) is 50.8 Å². The minimum atomic E-state index is -2.05. The van der Waals surface area contributed by atoms with E-state index in [1.54, 1.807) is 0 Å². The van der Waals surface area contributed by atoms with Gasteiger partial charge in [0.25, 0.3) is 0 Å². The van der Waals surface area contributed by atoms with Gasteiger partial charge in [0.15, 0.2) is 0 Å². The average Bonchev–Trinajstić information content (AvgIpc) is 2.30. The zero-order chi connectivity index (χ0) is 13.1. The Morgan fingerprint density at radius 1 is 1.06 bits per heavy atom. The van der Waals surface area contributed by atoms with Gasteiger partial charge in [0.2, 0.25) is 0 Å². The smallest absolute Gasteiger partial charge is 0.112 e. The molecule has 0 amide bonds. The van der Waals surface area contributed by atoms with Crippen molar-refractivity contribution in [3.8, 4) is 0 Å². The van der Waals surface area contributed by atoms with Crippen molar-refractivity contribution in [2.75, 3.05) is 45.9 Å². The maximum atomic E-state index is 12.6. The van der Waals surface area contributed by atoms with Crippen LogP contribution < -0.4 is 0 Å². The lowest BCUT2D eigenvalue weighted by Gasteiger charge is -2.18. The number of ether oxygens (including phenoxy) is 1. The molecule has 0 aliphatic carbocycles. The summed E-state index contributed by atoms with van der Waals surface area (Å²) in [6.07, 6.45) is 6.59. The van der Waals surface area contributed by atoms with Gasteiger partial charge in [0.1, 0.15) is 7.14 Å². The van der Waals surface area contributed by atoms with Gasteiger partial charge < -0.3 is 14.2 Å². The van der Waals surface area contributed by atoms with E-state index >= 15 is 0 Å². The highest BCUT2D eigenvalue weighted by Crippen LogP contribution is 2.47. The first-order valence-electron chi connectivity index (χ1n) is 6.83. The lowest BCUT2D eigenvalue weighted by Crippen LogP contribution is -2.18. The fraction of sp³-hybridized carbons (Fsp3) is 1.00. The lowest BCUT2D eigenvalue weighted by atomic mass is 10.4. The first-order chi connectivity index (χ1) is 8.04. The minimum absolute atomic E-state index is 0.487. The summed E-state index contributed by atoms with van der Waals surface area (Å²) >= 11 is 0. The molecule has 0 heterocycles. The SMILES string of the molecule is CCCCP(=O)(CCCC)COCCN(C)C. The number of unbranched alkanes of at least 4 members (excludes halogenated alkanes) is 2. The van der Waals surface area contributed by atoms with Crippen LogP contribution in [0.3, 0.4) is 0 Å². The molecule has 0 radical (unpaired) electrons. The Hall–Kier alpha value is 0.150. The number of hydrogen-bond donors (Lipinski definition) is 0. The molecule has 0 unspecified atom stereocenters. The number of hydrogen-bond acceptors (Lipinski definition) is 3. The summed E-state index contributed by atoms with van der Waals surface area (Å²) < 4.78 is 18.2. The molecule has 0 bridgehead atoms. The molecule has 0 fully saturated rings. The second kappa shape index (κ2) is 10.1. The van der Waals surface area contributed by atoms with Crippen LogP contribution in [0.1, 0.15) is 39.5 Å². The van der Waals surface area contributed by atoms with Crippen molar-refractivity contribution in [2.24, 2.45) is 0 Å². The van der Waals surface area contributed by atoms with E-state index < -0.39 is 7.14 Å². The summed E-state index contributed by atoms with van der Waals surface area (Å²) in [6.45, 7) is 5.89. The predicted octanol–water partition coefficient (Wildman–Crippen LogP) is 3.49. The second-order valence-electron chi connectivity index (χ2n) is 5.05. The van der Waals surface area contributed by atoms with E-state index in [-0.39, 0.29) is 0 Å². The van der Waals surface area contributed by atoms with E-state index in [1.165, 1.54) is 0 Å². The van der Waals surface area contributed by atoms with Crippen molar-refractivity contribution >= 4 is 7.14 Å². The quantitative estimate of drug-likeness (QED) is 0.422. The van der Waals surface area contributed by atoms with Crippen molar-refractivity contribution in [1.82, 2.24) is 4.90 Å². The maximum absolute atomic E-state index is 12.6. The van der Waals surface area contributed by atoms with Gasteiger partial charge in [-0.2, -0.15) is 0 Å². The van der Waals surface area contributed by atoms with Crippen LogP contribution in [0.5, 0.6) is 0 Å². The lowest BCUT2D eigenvalue weighted by molar-refractivity contribution is 0.153. The number of rotatable bonds is 11. The van der Waals surface area contributed by atoms with Crippen molar-refractivity contribution in [1.29, 1.82) is 0 Å². The first-order valence-corrected chi connectivity index (χ1v) is 9.10. The Kier molecular flexibility index (Phi) is 10.2. The van der Waals surface area contributed by atoms with Gasteiger partial charge in [0.05, 0.1) is 13.0 Å². The topological polar surface area (TPSA) is 29.5 Å². The third kappa shape index (κ3) is 9.82. The van der Waals surface area contributed by atoms with E-state index in [0.717, 1.165) is 44.6 Å². The Balaban J connectivity index is 3.95. The van der Waals surface area contributed by atoms with Gasteiger partial charge in [-0.05, 0) is 26.9 Å². The summed E-state index contributed by atoms with van der Waals surface area (Å²) in [7, 11) is 2.00. The Labute approximate surface area is 107 Å². The molecular weight excluding hydrogens is 233 g/mol. The van der Waals surface area contributed by atoms with Gasteiger partial charge in [-0.1, -0.05) is 26.7 Å². The van der Waals surface area contributed by atoms with E-state index in [2.05, 4.69) is 18.7 Å². The van der Waals surface area contributed by atoms with Gasteiger partial charge in [-0.15, -0.1) is 0 Å². The third-order valence-electron chi connectivity index (χ3n) is 2.85. The molecule has 0 spiro atoms. The van der Waals surface area contributed by atoms with Crippen LogP contribution in [0.15, 0.2) is 0 Å². The van der Waals surface area contributed by atoms with E-state index in [9.17, 15) is 4.57 Å². The molecular formula is C13H30NO2P. The molecule has 3 nitrogen and oxygen atoms in total. The van der Waals surface area contributed by atoms with Crippen LogP contribution in [0.25, 0.3) is 0 Å². The molecule has 0 saturated heterocycles. The van der Waals surface area contributed by atoms with E-state index in [1.807, 2.05) is 14.1 Å². The van der Waals surface area contributed by atoms with Crippen LogP contribution in [0, 0.1) is 0 Å². The zero-order valence-corrected chi connectivity index (χ0v) is 13.0. The van der Waals surface area contributed by atoms with Crippen molar-refractivity contribution < 1.29 is 9.30 Å². The molecule has 0 saturated carbocycles. The van der Waals surface area contributed by atoms with Gasteiger partial charge in [0, 0.05) is 18.9 Å². The highest BCUT2D eigenvalue weighted by atomic mass is 31.2. The minimum Gasteiger partial charge on any atom is -0.372 e.